The van der Waals surface area contributed by atoms with Crippen LogP contribution in [0.15, 0.2) is 36.8 Å². The van der Waals surface area contributed by atoms with Crippen molar-refractivity contribution in [2.24, 2.45) is 5.92 Å². The number of esters is 1. The quantitative estimate of drug-likeness (QED) is 0.856. The standard InChI is InChI=1S/C15H16N2O2/c1-2-19-15(18)13-7-12(13)10-3-5-11(6-4-10)14-8-16-9-17-14/h3-6,8-9,12-13H,2,7H2,1H3,(H,16,17)/t12-,13-/m0/s1. The SMILES string of the molecule is CCOC(=O)[C@H]1C[C@H]1c1ccc(-c2cnc[nH]2)cc1. The van der Waals surface area contributed by atoms with Crippen LogP contribution in [-0.2, 0) is 9.53 Å². The molecule has 0 saturated heterocycles. The number of H-pyrrole nitrogens is 1. The van der Waals surface area contributed by atoms with Crippen molar-refractivity contribution in [3.05, 3.63) is 42.4 Å². The Morgan fingerprint density at radius 3 is 2.84 bits per heavy atom. The first-order valence-electron chi connectivity index (χ1n) is 6.55. The second kappa shape index (κ2) is 4.88. The van der Waals surface area contributed by atoms with Gasteiger partial charge in [-0.1, -0.05) is 24.3 Å². The number of carbonyl (C=O) groups is 1. The highest BCUT2D eigenvalue weighted by molar-refractivity contribution is 5.77. The number of carbonyl (C=O) groups excluding carboxylic acids is 1. The van der Waals surface area contributed by atoms with Crippen LogP contribution < -0.4 is 0 Å². The molecular formula is C15H16N2O2. The van der Waals surface area contributed by atoms with Crippen molar-refractivity contribution in [2.75, 3.05) is 6.61 Å². The molecule has 0 amide bonds. The Balaban J connectivity index is 1.70. The smallest absolute Gasteiger partial charge is 0.309 e. The Kier molecular flexibility index (Phi) is 3.07. The summed E-state index contributed by atoms with van der Waals surface area (Å²) in [5.74, 6) is 0.318. The van der Waals surface area contributed by atoms with E-state index in [9.17, 15) is 4.79 Å². The molecule has 1 aromatic heterocycles. The first kappa shape index (κ1) is 12.0. The van der Waals surface area contributed by atoms with E-state index in [1.54, 1.807) is 12.5 Å². The summed E-state index contributed by atoms with van der Waals surface area (Å²) in [7, 11) is 0. The monoisotopic (exact) mass is 256 g/mol. The lowest BCUT2D eigenvalue weighted by Crippen LogP contribution is -2.07. The molecule has 19 heavy (non-hydrogen) atoms. The van der Waals surface area contributed by atoms with Gasteiger partial charge in [-0.25, -0.2) is 4.98 Å². The maximum atomic E-state index is 11.6. The van der Waals surface area contributed by atoms with Gasteiger partial charge in [-0.2, -0.15) is 0 Å². The van der Waals surface area contributed by atoms with Crippen molar-refractivity contribution in [2.45, 2.75) is 19.3 Å². The van der Waals surface area contributed by atoms with Crippen molar-refractivity contribution in [3.8, 4) is 11.3 Å². The van der Waals surface area contributed by atoms with Gasteiger partial charge in [0.05, 0.1) is 30.7 Å². The highest BCUT2D eigenvalue weighted by atomic mass is 16.5. The zero-order valence-corrected chi connectivity index (χ0v) is 10.8. The number of ether oxygens (including phenoxy) is 1. The molecular weight excluding hydrogens is 240 g/mol. The topological polar surface area (TPSA) is 55.0 Å². The summed E-state index contributed by atoms with van der Waals surface area (Å²) in [6.07, 6.45) is 4.37. The van der Waals surface area contributed by atoms with Crippen molar-refractivity contribution in [1.29, 1.82) is 0 Å². The minimum Gasteiger partial charge on any atom is -0.466 e. The van der Waals surface area contributed by atoms with Crippen LogP contribution in [0.4, 0.5) is 0 Å². The molecule has 1 aromatic carbocycles. The Bertz CT molecular complexity index is 560. The first-order valence-corrected chi connectivity index (χ1v) is 6.55. The molecule has 0 bridgehead atoms. The molecule has 2 aromatic rings. The van der Waals surface area contributed by atoms with Crippen molar-refractivity contribution >= 4 is 5.97 Å². The van der Waals surface area contributed by atoms with Crippen LogP contribution >= 0.6 is 0 Å². The molecule has 0 spiro atoms. The van der Waals surface area contributed by atoms with Gasteiger partial charge < -0.3 is 9.72 Å². The summed E-state index contributed by atoms with van der Waals surface area (Å²) in [4.78, 5) is 18.7. The van der Waals surface area contributed by atoms with Crippen LogP contribution in [-0.4, -0.2) is 22.5 Å². The number of aromatic nitrogens is 2. The molecule has 3 rings (SSSR count). The van der Waals surface area contributed by atoms with E-state index in [4.69, 9.17) is 4.74 Å². The van der Waals surface area contributed by atoms with Crippen LogP contribution in [0.3, 0.4) is 0 Å². The number of hydrogen-bond acceptors (Lipinski definition) is 3. The largest absolute Gasteiger partial charge is 0.466 e. The molecule has 1 heterocycles. The fraction of sp³-hybridized carbons (Fsp3) is 0.333. The molecule has 1 aliphatic carbocycles. The molecule has 1 fully saturated rings. The fourth-order valence-corrected chi connectivity index (χ4v) is 2.40. The van der Waals surface area contributed by atoms with Gasteiger partial charge in [-0.3, -0.25) is 4.79 Å². The van der Waals surface area contributed by atoms with Gasteiger partial charge in [0.25, 0.3) is 0 Å². The predicted octanol–water partition coefficient (Wildman–Crippen LogP) is 2.74. The molecule has 4 nitrogen and oxygen atoms in total. The third kappa shape index (κ3) is 2.38. The minimum absolute atomic E-state index is 0.0537. The molecule has 0 aliphatic heterocycles. The molecule has 2 atom stereocenters. The third-order valence-electron chi connectivity index (χ3n) is 3.53. The maximum absolute atomic E-state index is 11.6. The minimum atomic E-state index is -0.0647. The van der Waals surface area contributed by atoms with Gasteiger partial charge in [0.2, 0.25) is 0 Å². The van der Waals surface area contributed by atoms with Gasteiger partial charge in [-0.15, -0.1) is 0 Å². The van der Waals surface area contributed by atoms with Crippen LogP contribution in [0, 0.1) is 5.92 Å². The van der Waals surface area contributed by atoms with Crippen LogP contribution in [0.1, 0.15) is 24.8 Å². The second-order valence-corrected chi connectivity index (χ2v) is 4.79. The van der Waals surface area contributed by atoms with E-state index >= 15 is 0 Å². The molecule has 0 unspecified atom stereocenters. The average Bonchev–Trinajstić information content (AvgIpc) is 3.05. The van der Waals surface area contributed by atoms with Gasteiger partial charge >= 0.3 is 5.97 Å². The molecule has 98 valence electrons. The second-order valence-electron chi connectivity index (χ2n) is 4.79. The normalized spacial score (nSPS) is 21.1. The molecule has 4 heteroatoms. The number of hydrogen-bond donors (Lipinski definition) is 1. The van der Waals surface area contributed by atoms with E-state index in [0.717, 1.165) is 17.7 Å². The maximum Gasteiger partial charge on any atom is 0.309 e. The van der Waals surface area contributed by atoms with E-state index in [-0.39, 0.29) is 11.9 Å². The molecule has 0 radical (unpaired) electrons. The van der Waals surface area contributed by atoms with Gasteiger partial charge in [-0.05, 0) is 30.4 Å². The highest BCUT2D eigenvalue weighted by Crippen LogP contribution is 2.48. The summed E-state index contributed by atoms with van der Waals surface area (Å²) in [5, 5.41) is 0. The molecule has 1 aliphatic rings. The fourth-order valence-electron chi connectivity index (χ4n) is 2.40. The van der Waals surface area contributed by atoms with E-state index in [2.05, 4.69) is 34.2 Å². The Labute approximate surface area is 111 Å². The number of nitrogens with zero attached hydrogens (tertiary/aromatic N) is 1. The van der Waals surface area contributed by atoms with E-state index in [0.29, 0.717) is 12.5 Å². The third-order valence-corrected chi connectivity index (χ3v) is 3.53. The zero-order chi connectivity index (χ0) is 13.2. The summed E-state index contributed by atoms with van der Waals surface area (Å²) >= 11 is 0. The number of benzene rings is 1. The van der Waals surface area contributed by atoms with Gasteiger partial charge in [0.15, 0.2) is 0 Å². The Morgan fingerprint density at radius 1 is 1.42 bits per heavy atom. The van der Waals surface area contributed by atoms with Crippen molar-refractivity contribution in [1.82, 2.24) is 9.97 Å². The predicted molar refractivity (Wildman–Crippen MR) is 71.5 cm³/mol. The summed E-state index contributed by atoms with van der Waals surface area (Å²) in [6.45, 7) is 2.30. The highest BCUT2D eigenvalue weighted by Gasteiger charge is 2.44. The molecule has 1 saturated carbocycles. The molecule has 1 N–H and O–H groups in total. The Morgan fingerprint density at radius 2 is 2.21 bits per heavy atom. The number of rotatable bonds is 4. The number of aromatic amines is 1. The summed E-state index contributed by atoms with van der Waals surface area (Å²) in [5.41, 5.74) is 3.32. The van der Waals surface area contributed by atoms with E-state index in [1.807, 2.05) is 6.92 Å². The van der Waals surface area contributed by atoms with Crippen LogP contribution in [0.2, 0.25) is 0 Å². The average molecular weight is 256 g/mol. The lowest BCUT2D eigenvalue weighted by atomic mass is 10.1. The van der Waals surface area contributed by atoms with Gasteiger partial charge in [0, 0.05) is 0 Å². The van der Waals surface area contributed by atoms with E-state index in [1.165, 1.54) is 5.56 Å². The first-order chi connectivity index (χ1) is 9.29. The lowest BCUT2D eigenvalue weighted by Gasteiger charge is -2.03. The number of nitrogens with one attached hydrogen (secondary N) is 1. The number of imidazole rings is 1. The van der Waals surface area contributed by atoms with Crippen LogP contribution in [0.5, 0.6) is 0 Å². The van der Waals surface area contributed by atoms with E-state index < -0.39 is 0 Å². The van der Waals surface area contributed by atoms with Crippen molar-refractivity contribution < 1.29 is 9.53 Å². The Hall–Kier alpha value is -2.10. The van der Waals surface area contributed by atoms with Gasteiger partial charge in [0.1, 0.15) is 0 Å². The zero-order valence-electron chi connectivity index (χ0n) is 10.8. The van der Waals surface area contributed by atoms with Crippen LogP contribution in [0.25, 0.3) is 11.3 Å². The summed E-state index contributed by atoms with van der Waals surface area (Å²) in [6, 6.07) is 8.28. The summed E-state index contributed by atoms with van der Waals surface area (Å²) < 4.78 is 5.05. The van der Waals surface area contributed by atoms with Crippen molar-refractivity contribution in [3.63, 3.8) is 0 Å². The lowest BCUT2D eigenvalue weighted by molar-refractivity contribution is -0.144.